The highest BCUT2D eigenvalue weighted by molar-refractivity contribution is 6.05. The van der Waals surface area contributed by atoms with E-state index in [-0.39, 0.29) is 0 Å². The van der Waals surface area contributed by atoms with E-state index in [9.17, 15) is 0 Å². The summed E-state index contributed by atoms with van der Waals surface area (Å²) in [6.45, 7) is 0. The molecule has 9 rings (SSSR count). The van der Waals surface area contributed by atoms with Gasteiger partial charge >= 0.3 is 0 Å². The van der Waals surface area contributed by atoms with Gasteiger partial charge in [-0.1, -0.05) is 121 Å². The van der Waals surface area contributed by atoms with Crippen LogP contribution in [0.5, 0.6) is 0 Å². The first kappa shape index (κ1) is 28.4. The van der Waals surface area contributed by atoms with Gasteiger partial charge in [-0.3, -0.25) is 0 Å². The lowest BCUT2D eigenvalue weighted by Crippen LogP contribution is -1.96. The van der Waals surface area contributed by atoms with Gasteiger partial charge < -0.3 is 4.42 Å². The van der Waals surface area contributed by atoms with E-state index in [2.05, 4.69) is 118 Å². The summed E-state index contributed by atoms with van der Waals surface area (Å²) in [6, 6.07) is 53.8. The summed E-state index contributed by atoms with van der Waals surface area (Å²) < 4.78 is 6.19. The molecule has 0 amide bonds. The van der Waals surface area contributed by atoms with Crippen molar-refractivity contribution in [2.45, 2.75) is 0 Å². The lowest BCUT2D eigenvalue weighted by atomic mass is 9.89. The molecule has 0 unspecified atom stereocenters. The van der Waals surface area contributed by atoms with Crippen molar-refractivity contribution in [1.29, 1.82) is 0 Å². The first-order chi connectivity index (χ1) is 24.3. The normalized spacial score (nSPS) is 11.3. The quantitative estimate of drug-likeness (QED) is 0.182. The van der Waals surface area contributed by atoms with Crippen LogP contribution >= 0.6 is 0 Å². The number of aromatic nitrogens is 5. The van der Waals surface area contributed by atoms with Crippen LogP contribution in [0.3, 0.4) is 0 Å². The van der Waals surface area contributed by atoms with E-state index in [0.717, 1.165) is 66.6 Å². The summed E-state index contributed by atoms with van der Waals surface area (Å²) in [7, 11) is 0. The number of fused-ring (bicyclic) bond motifs is 2. The van der Waals surface area contributed by atoms with Crippen LogP contribution in [0.2, 0.25) is 0 Å². The number of nitrogens with zero attached hydrogens (tertiary/aromatic N) is 5. The Hall–Kier alpha value is -6.79. The van der Waals surface area contributed by atoms with Crippen LogP contribution in [0, 0.1) is 0 Å². The number of hydrogen-bond donors (Lipinski definition) is 0. The Morgan fingerprint density at radius 1 is 0.449 bits per heavy atom. The smallest absolute Gasteiger partial charge is 0.248 e. The van der Waals surface area contributed by atoms with Crippen molar-refractivity contribution in [1.82, 2.24) is 25.1 Å². The molecule has 0 spiro atoms. The van der Waals surface area contributed by atoms with Gasteiger partial charge in [0.05, 0.1) is 11.4 Å². The molecule has 0 aliphatic carbocycles. The summed E-state index contributed by atoms with van der Waals surface area (Å²) in [4.78, 5) is 14.9. The fourth-order valence-electron chi connectivity index (χ4n) is 6.34. The minimum absolute atomic E-state index is 0.444. The van der Waals surface area contributed by atoms with Crippen molar-refractivity contribution in [3.63, 3.8) is 0 Å². The SMILES string of the molecule is c1ccc(-c2cc(-c3ccccc3)nc(-c3cccc(-c4c(-c5ccc6nc(-c7cccnn7)oc6c5)ccc5ccccc45)c3)n2)cc1. The highest BCUT2D eigenvalue weighted by Gasteiger charge is 2.17. The highest BCUT2D eigenvalue weighted by Crippen LogP contribution is 2.40. The predicted octanol–water partition coefficient (Wildman–Crippen LogP) is 10.6. The first-order valence-electron chi connectivity index (χ1n) is 16.1. The summed E-state index contributed by atoms with van der Waals surface area (Å²) >= 11 is 0. The molecule has 0 fully saturated rings. The maximum Gasteiger partial charge on any atom is 0.248 e. The molecule has 6 aromatic carbocycles. The monoisotopic (exact) mass is 629 g/mol. The molecular weight excluding hydrogens is 603 g/mol. The largest absolute Gasteiger partial charge is 0.435 e. The van der Waals surface area contributed by atoms with E-state index in [1.807, 2.05) is 54.6 Å². The zero-order chi connectivity index (χ0) is 32.6. The van der Waals surface area contributed by atoms with Crippen LogP contribution in [0.4, 0.5) is 0 Å². The molecule has 0 bridgehead atoms. The summed E-state index contributed by atoms with van der Waals surface area (Å²) in [5, 5.41) is 10.5. The third-order valence-electron chi connectivity index (χ3n) is 8.69. The van der Waals surface area contributed by atoms with Crippen molar-refractivity contribution in [3.05, 3.63) is 164 Å². The Kier molecular flexibility index (Phi) is 7.02. The highest BCUT2D eigenvalue weighted by atomic mass is 16.3. The van der Waals surface area contributed by atoms with E-state index >= 15 is 0 Å². The Morgan fingerprint density at radius 2 is 1.16 bits per heavy atom. The second kappa shape index (κ2) is 12.1. The fraction of sp³-hybridized carbons (Fsp3) is 0. The minimum Gasteiger partial charge on any atom is -0.435 e. The molecule has 49 heavy (non-hydrogen) atoms. The lowest BCUT2D eigenvalue weighted by Gasteiger charge is -2.15. The van der Waals surface area contributed by atoms with Crippen LogP contribution in [-0.2, 0) is 0 Å². The van der Waals surface area contributed by atoms with E-state index < -0.39 is 0 Å². The first-order valence-corrected chi connectivity index (χ1v) is 16.1. The molecule has 0 saturated heterocycles. The molecule has 0 N–H and O–H groups in total. The third kappa shape index (κ3) is 5.41. The van der Waals surface area contributed by atoms with Gasteiger partial charge in [-0.15, -0.1) is 5.10 Å². The molecule has 0 radical (unpaired) electrons. The van der Waals surface area contributed by atoms with E-state index in [1.165, 1.54) is 0 Å². The Balaban J connectivity index is 1.20. The second-order valence-electron chi connectivity index (χ2n) is 11.8. The van der Waals surface area contributed by atoms with Crippen molar-refractivity contribution in [2.24, 2.45) is 0 Å². The van der Waals surface area contributed by atoms with Gasteiger partial charge in [0.25, 0.3) is 0 Å². The van der Waals surface area contributed by atoms with Crippen molar-refractivity contribution >= 4 is 21.9 Å². The number of hydrogen-bond acceptors (Lipinski definition) is 6. The molecule has 6 heteroatoms. The number of oxazole rings is 1. The Labute approximate surface area is 282 Å². The van der Waals surface area contributed by atoms with Gasteiger partial charge in [0.15, 0.2) is 11.4 Å². The van der Waals surface area contributed by atoms with Crippen LogP contribution in [0.15, 0.2) is 168 Å². The predicted molar refractivity (Wildman–Crippen MR) is 195 cm³/mol. The standard InChI is InChI=1S/C43H27N5O/c1-3-12-29(13-4-1)38-27-39(30-14-5-2-6-15-30)46-42(45-38)33-17-9-16-32(25-33)41-34-18-8-7-11-28(34)20-22-35(41)31-21-23-36-40(26-31)49-43(47-36)37-19-10-24-44-48-37/h1-27H. The van der Waals surface area contributed by atoms with Gasteiger partial charge in [0, 0.05) is 22.9 Å². The molecule has 230 valence electrons. The van der Waals surface area contributed by atoms with Crippen molar-refractivity contribution < 1.29 is 4.42 Å². The zero-order valence-electron chi connectivity index (χ0n) is 26.2. The molecule has 3 aromatic heterocycles. The molecule has 9 aromatic rings. The minimum atomic E-state index is 0.444. The Bertz CT molecular complexity index is 2540. The Morgan fingerprint density at radius 3 is 1.92 bits per heavy atom. The average Bonchev–Trinajstić information content (AvgIpc) is 3.62. The molecule has 3 heterocycles. The van der Waals surface area contributed by atoms with Crippen LogP contribution in [0.1, 0.15) is 0 Å². The van der Waals surface area contributed by atoms with Crippen LogP contribution in [0.25, 0.3) is 89.6 Å². The molecule has 0 aliphatic rings. The van der Waals surface area contributed by atoms with E-state index in [4.69, 9.17) is 14.4 Å². The van der Waals surface area contributed by atoms with Crippen molar-refractivity contribution in [3.8, 4) is 67.7 Å². The van der Waals surface area contributed by atoms with Gasteiger partial charge in [-0.05, 0) is 69.4 Å². The second-order valence-corrected chi connectivity index (χ2v) is 11.8. The van der Waals surface area contributed by atoms with E-state index in [0.29, 0.717) is 23.0 Å². The van der Waals surface area contributed by atoms with Crippen molar-refractivity contribution in [2.75, 3.05) is 0 Å². The maximum absolute atomic E-state index is 6.19. The summed E-state index contributed by atoms with van der Waals surface area (Å²) in [5.41, 5.74) is 11.1. The lowest BCUT2D eigenvalue weighted by molar-refractivity contribution is 0.615. The maximum atomic E-state index is 6.19. The molecule has 6 nitrogen and oxygen atoms in total. The van der Waals surface area contributed by atoms with Crippen LogP contribution < -0.4 is 0 Å². The number of benzene rings is 6. The molecule has 0 aliphatic heterocycles. The molecular formula is C43H27N5O. The van der Waals surface area contributed by atoms with Gasteiger partial charge in [0.2, 0.25) is 5.89 Å². The van der Waals surface area contributed by atoms with Gasteiger partial charge in [-0.2, -0.15) is 5.10 Å². The molecule has 0 saturated carbocycles. The fourth-order valence-corrected chi connectivity index (χ4v) is 6.34. The third-order valence-corrected chi connectivity index (χ3v) is 8.69. The van der Waals surface area contributed by atoms with Crippen LogP contribution in [-0.4, -0.2) is 25.1 Å². The van der Waals surface area contributed by atoms with Gasteiger partial charge in [-0.25, -0.2) is 15.0 Å². The summed E-state index contributed by atoms with van der Waals surface area (Å²) in [6.07, 6.45) is 1.63. The average molecular weight is 630 g/mol. The van der Waals surface area contributed by atoms with Gasteiger partial charge in [0.1, 0.15) is 11.2 Å². The summed E-state index contributed by atoms with van der Waals surface area (Å²) in [5.74, 6) is 1.11. The molecule has 0 atom stereocenters. The topological polar surface area (TPSA) is 77.6 Å². The zero-order valence-corrected chi connectivity index (χ0v) is 26.2. The number of rotatable bonds is 6. The van der Waals surface area contributed by atoms with E-state index in [1.54, 1.807) is 6.20 Å².